The summed E-state index contributed by atoms with van der Waals surface area (Å²) < 4.78 is 13.4. The Balaban J connectivity index is 2.12. The van der Waals surface area contributed by atoms with Crippen molar-refractivity contribution in [3.05, 3.63) is 65.2 Å². The molecule has 0 unspecified atom stereocenters. The van der Waals surface area contributed by atoms with Crippen molar-refractivity contribution >= 4 is 0 Å². The molecule has 0 aliphatic rings. The molecule has 1 heterocycles. The summed E-state index contributed by atoms with van der Waals surface area (Å²) in [6, 6.07) is 8.81. The minimum Gasteiger partial charge on any atom is -0.326 e. The number of rotatable bonds is 6. The third-order valence-corrected chi connectivity index (χ3v) is 3.38. The second-order valence-corrected chi connectivity index (χ2v) is 4.78. The lowest BCUT2D eigenvalue weighted by Gasteiger charge is -2.22. The van der Waals surface area contributed by atoms with Crippen LogP contribution < -0.4 is 5.73 Å². The molecule has 2 rings (SSSR count). The van der Waals surface area contributed by atoms with Gasteiger partial charge in [-0.2, -0.15) is 0 Å². The topological polar surface area (TPSA) is 42.2 Å². The van der Waals surface area contributed by atoms with Gasteiger partial charge in [0.25, 0.3) is 0 Å². The van der Waals surface area contributed by atoms with Crippen LogP contribution in [0.25, 0.3) is 0 Å². The molecule has 3 nitrogen and oxygen atoms in total. The minimum atomic E-state index is -0.211. The molecular weight excluding hydrogens is 253 g/mol. The van der Waals surface area contributed by atoms with Gasteiger partial charge in [-0.25, -0.2) is 4.39 Å². The fourth-order valence-electron chi connectivity index (χ4n) is 2.21. The molecule has 1 aromatic carbocycles. The lowest BCUT2D eigenvalue weighted by Crippen LogP contribution is -2.23. The highest BCUT2D eigenvalue weighted by atomic mass is 19.1. The maximum absolute atomic E-state index is 13.4. The van der Waals surface area contributed by atoms with E-state index in [9.17, 15) is 4.39 Å². The van der Waals surface area contributed by atoms with Crippen LogP contribution in [0, 0.1) is 5.82 Å². The average molecular weight is 273 g/mol. The average Bonchev–Trinajstić information content (AvgIpc) is 2.48. The number of hydrogen-bond donors (Lipinski definition) is 1. The van der Waals surface area contributed by atoms with Crippen LogP contribution in [0.3, 0.4) is 0 Å². The lowest BCUT2D eigenvalue weighted by molar-refractivity contribution is 0.270. The molecule has 0 radical (unpaired) electrons. The van der Waals surface area contributed by atoms with Gasteiger partial charge in [-0.15, -0.1) is 0 Å². The minimum absolute atomic E-state index is 0.211. The predicted molar refractivity (Wildman–Crippen MR) is 78.3 cm³/mol. The first-order chi connectivity index (χ1) is 9.72. The molecule has 0 fully saturated rings. The highest BCUT2D eigenvalue weighted by Gasteiger charge is 2.09. The first-order valence-corrected chi connectivity index (χ1v) is 6.81. The van der Waals surface area contributed by atoms with E-state index in [1.165, 1.54) is 11.6 Å². The molecule has 0 spiro atoms. The number of pyridine rings is 1. The third-order valence-electron chi connectivity index (χ3n) is 3.38. The summed E-state index contributed by atoms with van der Waals surface area (Å²) in [5.74, 6) is -0.211. The van der Waals surface area contributed by atoms with Crippen LogP contribution in [0.1, 0.15) is 23.6 Å². The van der Waals surface area contributed by atoms with Gasteiger partial charge in [0.2, 0.25) is 0 Å². The molecule has 0 aliphatic carbocycles. The van der Waals surface area contributed by atoms with Gasteiger partial charge in [0, 0.05) is 32.0 Å². The molecule has 0 atom stereocenters. The maximum Gasteiger partial charge on any atom is 0.123 e. The maximum atomic E-state index is 13.4. The van der Waals surface area contributed by atoms with Crippen LogP contribution in [0.2, 0.25) is 0 Å². The van der Waals surface area contributed by atoms with Gasteiger partial charge in [0.05, 0.1) is 0 Å². The van der Waals surface area contributed by atoms with Gasteiger partial charge in [0.15, 0.2) is 0 Å². The van der Waals surface area contributed by atoms with Gasteiger partial charge in [0.1, 0.15) is 5.82 Å². The van der Waals surface area contributed by atoms with Gasteiger partial charge < -0.3 is 5.73 Å². The van der Waals surface area contributed by atoms with Crippen molar-refractivity contribution in [1.29, 1.82) is 0 Å². The summed E-state index contributed by atoms with van der Waals surface area (Å²) in [5.41, 5.74) is 8.88. The molecule has 4 heteroatoms. The van der Waals surface area contributed by atoms with Gasteiger partial charge in [-0.3, -0.25) is 9.88 Å². The molecule has 0 bridgehead atoms. The fourth-order valence-corrected chi connectivity index (χ4v) is 2.21. The predicted octanol–water partition coefficient (Wildman–Crippen LogP) is 2.70. The molecule has 106 valence electrons. The number of nitrogens with two attached hydrogens (primary N) is 1. The Hall–Kier alpha value is -1.78. The second kappa shape index (κ2) is 7.12. The number of benzene rings is 1. The molecule has 0 saturated carbocycles. The summed E-state index contributed by atoms with van der Waals surface area (Å²) in [5, 5.41) is 0. The Kier molecular flexibility index (Phi) is 5.21. The van der Waals surface area contributed by atoms with E-state index < -0.39 is 0 Å². The highest BCUT2D eigenvalue weighted by molar-refractivity contribution is 5.28. The Labute approximate surface area is 119 Å². The zero-order valence-electron chi connectivity index (χ0n) is 11.7. The molecule has 2 aromatic rings. The third kappa shape index (κ3) is 3.85. The van der Waals surface area contributed by atoms with Gasteiger partial charge in [-0.1, -0.05) is 13.0 Å². The second-order valence-electron chi connectivity index (χ2n) is 4.78. The summed E-state index contributed by atoms with van der Waals surface area (Å²) in [6.07, 6.45) is 3.58. The van der Waals surface area contributed by atoms with Crippen molar-refractivity contribution < 1.29 is 4.39 Å². The molecule has 20 heavy (non-hydrogen) atoms. The number of aromatic nitrogens is 1. The van der Waals surface area contributed by atoms with Crippen LogP contribution in [0.5, 0.6) is 0 Å². The van der Waals surface area contributed by atoms with E-state index in [-0.39, 0.29) is 5.82 Å². The van der Waals surface area contributed by atoms with E-state index >= 15 is 0 Å². The molecule has 0 aliphatic heterocycles. The highest BCUT2D eigenvalue weighted by Crippen LogP contribution is 2.15. The molecule has 0 amide bonds. The Morgan fingerprint density at radius 3 is 2.50 bits per heavy atom. The van der Waals surface area contributed by atoms with Gasteiger partial charge >= 0.3 is 0 Å². The Morgan fingerprint density at radius 1 is 1.10 bits per heavy atom. The summed E-state index contributed by atoms with van der Waals surface area (Å²) in [4.78, 5) is 6.27. The zero-order valence-corrected chi connectivity index (χ0v) is 11.7. The van der Waals surface area contributed by atoms with E-state index in [0.29, 0.717) is 13.1 Å². The van der Waals surface area contributed by atoms with Crippen LogP contribution in [-0.4, -0.2) is 16.4 Å². The first kappa shape index (κ1) is 14.6. The largest absolute Gasteiger partial charge is 0.326 e. The summed E-state index contributed by atoms with van der Waals surface area (Å²) >= 11 is 0. The monoisotopic (exact) mass is 273 g/mol. The Bertz CT molecular complexity index is 543. The SMILES string of the molecule is CCN(Cc1ccncc1)Cc1cc(F)ccc1CN. The van der Waals surface area contributed by atoms with Crippen molar-refractivity contribution in [2.24, 2.45) is 5.73 Å². The molecule has 0 saturated heterocycles. The number of nitrogens with zero attached hydrogens (tertiary/aromatic N) is 2. The van der Waals surface area contributed by atoms with Crippen molar-refractivity contribution in [3.63, 3.8) is 0 Å². The normalized spacial score (nSPS) is 11.0. The van der Waals surface area contributed by atoms with Crippen molar-refractivity contribution in [2.45, 2.75) is 26.6 Å². The number of halogens is 1. The van der Waals surface area contributed by atoms with Crippen molar-refractivity contribution in [1.82, 2.24) is 9.88 Å². The van der Waals surface area contributed by atoms with Crippen LogP contribution in [-0.2, 0) is 19.6 Å². The van der Waals surface area contributed by atoms with Gasteiger partial charge in [-0.05, 0) is 47.5 Å². The fraction of sp³-hybridized carbons (Fsp3) is 0.312. The van der Waals surface area contributed by atoms with E-state index in [0.717, 1.165) is 24.2 Å². The van der Waals surface area contributed by atoms with E-state index in [1.807, 2.05) is 12.1 Å². The van der Waals surface area contributed by atoms with Crippen LogP contribution in [0.15, 0.2) is 42.7 Å². The van der Waals surface area contributed by atoms with E-state index in [2.05, 4.69) is 16.8 Å². The van der Waals surface area contributed by atoms with E-state index in [1.54, 1.807) is 24.5 Å². The first-order valence-electron chi connectivity index (χ1n) is 6.81. The quantitative estimate of drug-likeness (QED) is 0.880. The van der Waals surface area contributed by atoms with Crippen molar-refractivity contribution in [2.75, 3.05) is 6.54 Å². The van der Waals surface area contributed by atoms with Crippen LogP contribution in [0.4, 0.5) is 4.39 Å². The molecule has 1 aromatic heterocycles. The smallest absolute Gasteiger partial charge is 0.123 e. The Morgan fingerprint density at radius 2 is 1.85 bits per heavy atom. The van der Waals surface area contributed by atoms with Crippen LogP contribution >= 0.6 is 0 Å². The summed E-state index contributed by atoms with van der Waals surface area (Å²) in [6.45, 7) is 4.94. The number of hydrogen-bond acceptors (Lipinski definition) is 3. The van der Waals surface area contributed by atoms with E-state index in [4.69, 9.17) is 5.73 Å². The standard InChI is InChI=1S/C16H20FN3/c1-2-20(11-13-5-7-19-8-6-13)12-15-9-16(17)4-3-14(15)10-18/h3-9H,2,10-12,18H2,1H3. The lowest BCUT2D eigenvalue weighted by atomic mass is 10.1. The van der Waals surface area contributed by atoms with Crippen molar-refractivity contribution in [3.8, 4) is 0 Å². The molecular formula is C16H20FN3. The zero-order chi connectivity index (χ0) is 14.4. The summed E-state index contributed by atoms with van der Waals surface area (Å²) in [7, 11) is 0. The molecule has 2 N–H and O–H groups in total.